The Kier molecular flexibility index (Phi) is 4.01. The van der Waals surface area contributed by atoms with Crippen molar-refractivity contribution in [3.8, 4) is 0 Å². The fraction of sp³-hybridized carbons (Fsp3) is 0.143. The molecule has 21 heavy (non-hydrogen) atoms. The number of guanidine groups is 1. The first-order chi connectivity index (χ1) is 10.2. The third-order valence-corrected chi connectivity index (χ3v) is 3.82. The van der Waals surface area contributed by atoms with E-state index in [2.05, 4.69) is 20.0 Å². The van der Waals surface area contributed by atoms with E-state index >= 15 is 0 Å². The molecule has 0 amide bonds. The van der Waals surface area contributed by atoms with Crippen LogP contribution in [-0.2, 0) is 6.42 Å². The van der Waals surface area contributed by atoms with Gasteiger partial charge in [0.1, 0.15) is 11.6 Å². The molecule has 3 rings (SSSR count). The molecular weight excluding hydrogens is 294 g/mol. The third-order valence-electron chi connectivity index (χ3n) is 2.90. The van der Waals surface area contributed by atoms with E-state index in [1.54, 1.807) is 12.4 Å². The molecule has 0 saturated carbocycles. The van der Waals surface area contributed by atoms with Crippen LogP contribution >= 0.6 is 11.9 Å². The van der Waals surface area contributed by atoms with Crippen LogP contribution in [0.15, 0.2) is 46.5 Å². The zero-order valence-electron chi connectivity index (χ0n) is 10.9. The first-order valence-corrected chi connectivity index (χ1v) is 7.16. The maximum Gasteiger partial charge on any atom is 0.206 e. The number of anilines is 1. The minimum atomic E-state index is -0.615. The van der Waals surface area contributed by atoms with Crippen molar-refractivity contribution in [2.24, 2.45) is 4.99 Å². The van der Waals surface area contributed by atoms with Crippen LogP contribution in [0.2, 0.25) is 0 Å². The van der Waals surface area contributed by atoms with E-state index < -0.39 is 11.6 Å². The Balaban J connectivity index is 1.67. The van der Waals surface area contributed by atoms with Crippen LogP contribution in [0.4, 0.5) is 14.5 Å². The number of benzene rings is 1. The standard InChI is InChI=1S/C14H12F2N4S/c15-10-6-11(16)13-12(7-10)19-14(20-21-13)18-5-3-9-2-1-4-17-8-9/h1-2,4,6-8H,3,5H2,(H2,18,19,20). The predicted molar refractivity (Wildman–Crippen MR) is 79.2 cm³/mol. The van der Waals surface area contributed by atoms with Crippen molar-refractivity contribution in [2.75, 3.05) is 11.9 Å². The summed E-state index contributed by atoms with van der Waals surface area (Å²) in [4.78, 5) is 8.71. The summed E-state index contributed by atoms with van der Waals surface area (Å²) in [6.07, 6.45) is 4.25. The second-order valence-electron chi connectivity index (χ2n) is 4.44. The molecule has 0 bridgehead atoms. The number of halogens is 2. The fourth-order valence-electron chi connectivity index (χ4n) is 1.92. The first kappa shape index (κ1) is 13.8. The average molecular weight is 306 g/mol. The van der Waals surface area contributed by atoms with Crippen LogP contribution in [0, 0.1) is 11.6 Å². The van der Waals surface area contributed by atoms with Gasteiger partial charge in [-0.1, -0.05) is 6.07 Å². The second-order valence-corrected chi connectivity index (χ2v) is 5.25. The maximum atomic E-state index is 13.5. The molecule has 1 aromatic heterocycles. The molecule has 0 aliphatic carbocycles. The highest BCUT2D eigenvalue weighted by atomic mass is 32.2. The lowest BCUT2D eigenvalue weighted by atomic mass is 10.2. The zero-order valence-corrected chi connectivity index (χ0v) is 11.8. The molecule has 0 unspecified atom stereocenters. The predicted octanol–water partition coefficient (Wildman–Crippen LogP) is 2.98. The fourth-order valence-corrected chi connectivity index (χ4v) is 2.61. The zero-order chi connectivity index (χ0) is 14.7. The Morgan fingerprint density at radius 3 is 3.00 bits per heavy atom. The highest BCUT2D eigenvalue weighted by Crippen LogP contribution is 2.32. The van der Waals surface area contributed by atoms with Gasteiger partial charge >= 0.3 is 0 Å². The summed E-state index contributed by atoms with van der Waals surface area (Å²) in [6.45, 7) is 0.550. The molecule has 1 aliphatic rings. The Labute approximate surface area is 124 Å². The van der Waals surface area contributed by atoms with Gasteiger partial charge in [-0.15, -0.1) is 0 Å². The molecule has 7 heteroatoms. The quantitative estimate of drug-likeness (QED) is 0.856. The van der Waals surface area contributed by atoms with Crippen molar-refractivity contribution in [3.63, 3.8) is 0 Å². The lowest BCUT2D eigenvalue weighted by Gasteiger charge is -2.20. The first-order valence-electron chi connectivity index (χ1n) is 6.34. The minimum Gasteiger partial charge on any atom is -0.324 e. The number of nitrogens with zero attached hydrogens (tertiary/aromatic N) is 2. The SMILES string of the molecule is Fc1cc(F)c2c(c1)NC(=NCCc1cccnc1)NS2. The van der Waals surface area contributed by atoms with Gasteiger partial charge in [0.05, 0.1) is 10.6 Å². The van der Waals surface area contributed by atoms with Crippen molar-refractivity contribution in [1.29, 1.82) is 0 Å². The number of aromatic nitrogens is 1. The van der Waals surface area contributed by atoms with Gasteiger partial charge in [-0.3, -0.25) is 14.7 Å². The van der Waals surface area contributed by atoms with Crippen LogP contribution in [0.25, 0.3) is 0 Å². The molecule has 0 spiro atoms. The minimum absolute atomic E-state index is 0.336. The van der Waals surface area contributed by atoms with Gasteiger partial charge < -0.3 is 5.32 Å². The van der Waals surface area contributed by atoms with Gasteiger partial charge in [0.2, 0.25) is 5.96 Å². The van der Waals surface area contributed by atoms with Gasteiger partial charge in [0, 0.05) is 25.0 Å². The summed E-state index contributed by atoms with van der Waals surface area (Å²) in [7, 11) is 0. The van der Waals surface area contributed by atoms with Crippen LogP contribution in [0.5, 0.6) is 0 Å². The van der Waals surface area contributed by atoms with Crippen molar-refractivity contribution in [1.82, 2.24) is 9.71 Å². The Bertz CT molecular complexity index is 676. The average Bonchev–Trinajstić information content (AvgIpc) is 2.48. The van der Waals surface area contributed by atoms with Crippen molar-refractivity contribution in [2.45, 2.75) is 11.3 Å². The number of nitrogens with one attached hydrogen (secondary N) is 2. The third kappa shape index (κ3) is 3.30. The number of hydrogen-bond acceptors (Lipinski definition) is 3. The summed E-state index contributed by atoms with van der Waals surface area (Å²) < 4.78 is 29.6. The van der Waals surface area contributed by atoms with Crippen molar-refractivity contribution in [3.05, 3.63) is 53.9 Å². The van der Waals surface area contributed by atoms with Crippen molar-refractivity contribution >= 4 is 23.6 Å². The van der Waals surface area contributed by atoms with Gasteiger partial charge in [0.15, 0.2) is 0 Å². The maximum absolute atomic E-state index is 13.5. The molecule has 0 atom stereocenters. The Morgan fingerprint density at radius 2 is 2.19 bits per heavy atom. The Morgan fingerprint density at radius 1 is 1.29 bits per heavy atom. The number of aliphatic imine (C=N–C) groups is 1. The summed E-state index contributed by atoms with van der Waals surface area (Å²) in [5.41, 5.74) is 1.47. The summed E-state index contributed by atoms with van der Waals surface area (Å²) in [5.74, 6) is -0.721. The topological polar surface area (TPSA) is 49.3 Å². The number of hydrogen-bond donors (Lipinski definition) is 2. The number of rotatable bonds is 3. The molecule has 2 aromatic rings. The normalized spacial score (nSPS) is 15.2. The molecule has 1 aliphatic heterocycles. The molecule has 4 nitrogen and oxygen atoms in total. The van der Waals surface area contributed by atoms with Crippen molar-refractivity contribution < 1.29 is 8.78 Å². The Hall–Kier alpha value is -2.15. The lowest BCUT2D eigenvalue weighted by Crippen LogP contribution is -2.30. The monoisotopic (exact) mass is 306 g/mol. The van der Waals surface area contributed by atoms with Crippen LogP contribution in [0.3, 0.4) is 0 Å². The summed E-state index contributed by atoms with van der Waals surface area (Å²) in [6, 6.07) is 5.96. The van der Waals surface area contributed by atoms with E-state index in [-0.39, 0.29) is 0 Å². The molecule has 2 heterocycles. The van der Waals surface area contributed by atoms with E-state index in [0.717, 1.165) is 30.0 Å². The summed E-state index contributed by atoms with van der Waals surface area (Å²) >= 11 is 1.08. The molecule has 2 N–H and O–H groups in total. The van der Waals surface area contributed by atoms with Gasteiger partial charge in [-0.25, -0.2) is 8.78 Å². The van der Waals surface area contributed by atoms with Crippen LogP contribution < -0.4 is 10.0 Å². The van der Waals surface area contributed by atoms with Crippen LogP contribution in [-0.4, -0.2) is 17.5 Å². The van der Waals surface area contributed by atoms with Gasteiger partial charge in [-0.05, 0) is 36.1 Å². The molecule has 0 fully saturated rings. The number of fused-ring (bicyclic) bond motifs is 1. The highest BCUT2D eigenvalue weighted by Gasteiger charge is 2.18. The largest absolute Gasteiger partial charge is 0.324 e. The van der Waals surface area contributed by atoms with Crippen LogP contribution in [0.1, 0.15) is 5.56 Å². The van der Waals surface area contributed by atoms with Gasteiger partial charge in [0.25, 0.3) is 0 Å². The molecule has 1 aromatic carbocycles. The molecule has 108 valence electrons. The van der Waals surface area contributed by atoms with E-state index in [4.69, 9.17) is 0 Å². The smallest absolute Gasteiger partial charge is 0.206 e. The van der Waals surface area contributed by atoms with Gasteiger partial charge in [-0.2, -0.15) is 0 Å². The van der Waals surface area contributed by atoms with E-state index in [1.165, 1.54) is 6.07 Å². The van der Waals surface area contributed by atoms with E-state index in [1.807, 2.05) is 12.1 Å². The highest BCUT2D eigenvalue weighted by molar-refractivity contribution is 7.98. The number of pyridine rings is 1. The molecular formula is C14H12F2N4S. The second kappa shape index (κ2) is 6.09. The summed E-state index contributed by atoms with van der Waals surface area (Å²) in [5, 5.41) is 2.89. The van der Waals surface area contributed by atoms with E-state index in [9.17, 15) is 8.78 Å². The lowest BCUT2D eigenvalue weighted by molar-refractivity contribution is 0.567. The van der Waals surface area contributed by atoms with E-state index in [0.29, 0.717) is 23.1 Å². The molecule has 0 saturated heterocycles. The molecule has 0 radical (unpaired) electrons.